The lowest BCUT2D eigenvalue weighted by Gasteiger charge is -2.10. The van der Waals surface area contributed by atoms with Gasteiger partial charge < -0.3 is 10.1 Å². The molecule has 2 rings (SSSR count). The zero-order valence-electron chi connectivity index (χ0n) is 10.4. The van der Waals surface area contributed by atoms with E-state index in [2.05, 4.69) is 16.4 Å². The summed E-state index contributed by atoms with van der Waals surface area (Å²) in [7, 11) is 1.58. The molecule has 0 saturated carbocycles. The summed E-state index contributed by atoms with van der Waals surface area (Å²) < 4.78 is 5.17. The summed E-state index contributed by atoms with van der Waals surface area (Å²) in [6.07, 6.45) is 1.67. The van der Waals surface area contributed by atoms with Gasteiger partial charge in [0.1, 0.15) is 0 Å². The van der Waals surface area contributed by atoms with Gasteiger partial charge in [-0.15, -0.1) is 0 Å². The Hall–Kier alpha value is -2.25. The fraction of sp³-hybridized carbons (Fsp3) is 0.143. The average molecular weight is 274 g/mol. The smallest absolute Gasteiger partial charge is 0.218 e. The fourth-order valence-electron chi connectivity index (χ4n) is 1.66. The second-order valence-corrected chi connectivity index (χ2v) is 4.24. The second kappa shape index (κ2) is 6.07. The number of aromatic nitrogens is 1. The zero-order valence-corrected chi connectivity index (χ0v) is 11.1. The lowest BCUT2D eigenvalue weighted by molar-refractivity contribution is 0.393. The molecule has 0 aliphatic heterocycles. The molecule has 0 aliphatic rings. The van der Waals surface area contributed by atoms with Crippen molar-refractivity contribution in [3.8, 4) is 11.9 Å². The summed E-state index contributed by atoms with van der Waals surface area (Å²) in [5.74, 6) is 0.572. The molecule has 0 saturated heterocycles. The number of nitriles is 1. The highest BCUT2D eigenvalue weighted by atomic mass is 35.5. The molecule has 0 atom stereocenters. The van der Waals surface area contributed by atoms with Crippen molar-refractivity contribution >= 4 is 17.3 Å². The molecule has 1 aromatic carbocycles. The van der Waals surface area contributed by atoms with E-state index in [1.54, 1.807) is 31.5 Å². The van der Waals surface area contributed by atoms with Crippen LogP contribution in [0.4, 0.5) is 5.69 Å². The summed E-state index contributed by atoms with van der Waals surface area (Å²) in [4.78, 5) is 4.12. The van der Waals surface area contributed by atoms with Crippen LogP contribution in [0, 0.1) is 11.3 Å². The van der Waals surface area contributed by atoms with Crippen LogP contribution >= 0.6 is 11.6 Å². The first-order valence-corrected chi connectivity index (χ1v) is 6.04. The van der Waals surface area contributed by atoms with Gasteiger partial charge in [-0.05, 0) is 24.3 Å². The third-order valence-corrected chi connectivity index (χ3v) is 2.94. The molecule has 0 fully saturated rings. The van der Waals surface area contributed by atoms with Gasteiger partial charge in [-0.3, -0.25) is 0 Å². The Morgan fingerprint density at radius 2 is 2.26 bits per heavy atom. The number of halogens is 1. The van der Waals surface area contributed by atoms with Crippen molar-refractivity contribution in [3.63, 3.8) is 0 Å². The van der Waals surface area contributed by atoms with Crippen molar-refractivity contribution in [1.82, 2.24) is 4.98 Å². The van der Waals surface area contributed by atoms with Gasteiger partial charge in [0.05, 0.1) is 29.5 Å². The monoisotopic (exact) mass is 273 g/mol. The van der Waals surface area contributed by atoms with E-state index in [0.717, 1.165) is 5.56 Å². The van der Waals surface area contributed by atoms with Gasteiger partial charge in [-0.2, -0.15) is 5.26 Å². The van der Waals surface area contributed by atoms with Gasteiger partial charge in [0.2, 0.25) is 5.88 Å². The summed E-state index contributed by atoms with van der Waals surface area (Å²) in [6, 6.07) is 10.9. The number of benzene rings is 1. The Kier molecular flexibility index (Phi) is 4.22. The van der Waals surface area contributed by atoms with E-state index in [0.29, 0.717) is 28.7 Å². The van der Waals surface area contributed by atoms with Gasteiger partial charge in [-0.1, -0.05) is 17.7 Å². The van der Waals surface area contributed by atoms with Crippen molar-refractivity contribution in [3.05, 3.63) is 52.7 Å². The molecule has 0 unspecified atom stereocenters. The molecule has 1 heterocycles. The topological polar surface area (TPSA) is 57.9 Å². The van der Waals surface area contributed by atoms with Crippen molar-refractivity contribution in [2.75, 3.05) is 12.4 Å². The maximum Gasteiger partial charge on any atom is 0.218 e. The number of hydrogen-bond acceptors (Lipinski definition) is 4. The van der Waals surface area contributed by atoms with Gasteiger partial charge in [-0.25, -0.2) is 4.98 Å². The molecule has 0 radical (unpaired) electrons. The quantitative estimate of drug-likeness (QED) is 0.929. The Morgan fingerprint density at radius 3 is 3.00 bits per heavy atom. The lowest BCUT2D eigenvalue weighted by Crippen LogP contribution is -2.03. The molecule has 4 nitrogen and oxygen atoms in total. The van der Waals surface area contributed by atoms with E-state index >= 15 is 0 Å². The van der Waals surface area contributed by atoms with Crippen molar-refractivity contribution in [2.24, 2.45) is 0 Å². The van der Waals surface area contributed by atoms with Gasteiger partial charge in [0.15, 0.2) is 0 Å². The summed E-state index contributed by atoms with van der Waals surface area (Å²) in [5.41, 5.74) is 2.19. The van der Waals surface area contributed by atoms with E-state index in [4.69, 9.17) is 21.6 Å². The van der Waals surface area contributed by atoms with Gasteiger partial charge in [0.25, 0.3) is 0 Å². The number of ether oxygens (including phenoxy) is 1. The molecule has 96 valence electrons. The van der Waals surface area contributed by atoms with Crippen molar-refractivity contribution in [1.29, 1.82) is 5.26 Å². The lowest BCUT2D eigenvalue weighted by atomic mass is 10.2. The summed E-state index contributed by atoms with van der Waals surface area (Å²) >= 11 is 6.07. The van der Waals surface area contributed by atoms with Crippen LogP contribution in [0.2, 0.25) is 5.02 Å². The predicted octanol–water partition coefficient (Wildman–Crippen LogP) is 3.23. The first-order chi connectivity index (χ1) is 9.24. The minimum absolute atomic E-state index is 0.519. The van der Waals surface area contributed by atoms with Crippen LogP contribution in [0.15, 0.2) is 36.5 Å². The van der Waals surface area contributed by atoms with Crippen LogP contribution in [0.1, 0.15) is 11.1 Å². The van der Waals surface area contributed by atoms with Crippen LogP contribution in [0.25, 0.3) is 0 Å². The van der Waals surface area contributed by atoms with E-state index in [9.17, 15) is 0 Å². The Bertz CT molecular complexity index is 622. The molecule has 1 N–H and O–H groups in total. The number of anilines is 1. The van der Waals surface area contributed by atoms with Crippen LogP contribution in [0.5, 0.6) is 5.88 Å². The Morgan fingerprint density at radius 1 is 1.42 bits per heavy atom. The SMILES string of the molecule is COc1ncccc1CNc1cc(C#N)ccc1Cl. The zero-order chi connectivity index (χ0) is 13.7. The number of nitrogens with zero attached hydrogens (tertiary/aromatic N) is 2. The van der Waals surface area contributed by atoms with Crippen LogP contribution in [-0.4, -0.2) is 12.1 Å². The van der Waals surface area contributed by atoms with E-state index in [1.165, 1.54) is 0 Å². The minimum atomic E-state index is 0.519. The average Bonchev–Trinajstić information content (AvgIpc) is 2.46. The molecular formula is C14H12ClN3O. The second-order valence-electron chi connectivity index (χ2n) is 3.83. The van der Waals surface area contributed by atoms with Gasteiger partial charge >= 0.3 is 0 Å². The largest absolute Gasteiger partial charge is 0.481 e. The van der Waals surface area contributed by atoms with Crippen LogP contribution in [-0.2, 0) is 6.54 Å². The van der Waals surface area contributed by atoms with Crippen molar-refractivity contribution < 1.29 is 4.74 Å². The Labute approximate surface area is 116 Å². The van der Waals surface area contributed by atoms with Crippen molar-refractivity contribution in [2.45, 2.75) is 6.54 Å². The predicted molar refractivity (Wildman–Crippen MR) is 74.3 cm³/mol. The van der Waals surface area contributed by atoms with E-state index in [-0.39, 0.29) is 0 Å². The first-order valence-electron chi connectivity index (χ1n) is 5.66. The third kappa shape index (κ3) is 3.15. The molecule has 0 spiro atoms. The maximum absolute atomic E-state index is 8.87. The number of pyridine rings is 1. The van der Waals surface area contributed by atoms with E-state index in [1.807, 2.05) is 12.1 Å². The number of hydrogen-bond donors (Lipinski definition) is 1. The molecule has 0 bridgehead atoms. The van der Waals surface area contributed by atoms with Crippen LogP contribution < -0.4 is 10.1 Å². The molecule has 1 aromatic heterocycles. The fourth-order valence-corrected chi connectivity index (χ4v) is 1.85. The standard InChI is InChI=1S/C14H12ClN3O/c1-19-14-11(3-2-6-17-14)9-18-13-7-10(8-16)4-5-12(13)15/h2-7,18H,9H2,1H3. The number of rotatable bonds is 4. The number of nitrogens with one attached hydrogen (secondary N) is 1. The summed E-state index contributed by atoms with van der Waals surface area (Å²) in [5, 5.41) is 12.6. The molecule has 5 heteroatoms. The summed E-state index contributed by atoms with van der Waals surface area (Å²) in [6.45, 7) is 0.519. The first kappa shape index (κ1) is 13.2. The molecule has 0 aliphatic carbocycles. The molecular weight excluding hydrogens is 262 g/mol. The van der Waals surface area contributed by atoms with Gasteiger partial charge in [0, 0.05) is 18.3 Å². The van der Waals surface area contributed by atoms with Crippen LogP contribution in [0.3, 0.4) is 0 Å². The highest BCUT2D eigenvalue weighted by Crippen LogP contribution is 2.24. The Balaban J connectivity index is 2.17. The highest BCUT2D eigenvalue weighted by Gasteiger charge is 2.05. The third-order valence-electron chi connectivity index (χ3n) is 2.61. The number of methoxy groups -OCH3 is 1. The normalized spacial score (nSPS) is 9.74. The highest BCUT2D eigenvalue weighted by molar-refractivity contribution is 6.33. The minimum Gasteiger partial charge on any atom is -0.481 e. The molecule has 19 heavy (non-hydrogen) atoms. The maximum atomic E-state index is 8.87. The molecule has 0 amide bonds. The molecule has 2 aromatic rings. The van der Waals surface area contributed by atoms with E-state index < -0.39 is 0 Å².